The Morgan fingerprint density at radius 1 is 1.21 bits per heavy atom. The van der Waals surface area contributed by atoms with Crippen LogP contribution in [0.2, 0.25) is 10.2 Å². The fourth-order valence-electron chi connectivity index (χ4n) is 3.19. The van der Waals surface area contributed by atoms with Crippen LogP contribution in [0.5, 0.6) is 0 Å². The van der Waals surface area contributed by atoms with Crippen molar-refractivity contribution in [3.63, 3.8) is 0 Å². The molecule has 2 aromatic heterocycles. The molecule has 1 aliphatic rings. The van der Waals surface area contributed by atoms with Gasteiger partial charge in [-0.1, -0.05) is 37.0 Å². The second kappa shape index (κ2) is 8.97. The zero-order chi connectivity index (χ0) is 20.3. The van der Waals surface area contributed by atoms with E-state index in [4.69, 9.17) is 23.2 Å². The van der Waals surface area contributed by atoms with E-state index >= 15 is 0 Å². The van der Waals surface area contributed by atoms with Crippen molar-refractivity contribution >= 4 is 41.0 Å². The van der Waals surface area contributed by atoms with E-state index in [9.17, 15) is 4.79 Å². The molecule has 0 bridgehead atoms. The third-order valence-corrected chi connectivity index (χ3v) is 5.29. The maximum atomic E-state index is 12.6. The van der Waals surface area contributed by atoms with Gasteiger partial charge in [0.2, 0.25) is 5.91 Å². The predicted molar refractivity (Wildman–Crippen MR) is 114 cm³/mol. The quantitative estimate of drug-likeness (QED) is 0.686. The van der Waals surface area contributed by atoms with Crippen molar-refractivity contribution in [1.29, 1.82) is 0 Å². The molecule has 8 heteroatoms. The van der Waals surface area contributed by atoms with Crippen molar-refractivity contribution in [3.8, 4) is 0 Å². The number of aromatic nitrogens is 3. The van der Waals surface area contributed by atoms with Crippen molar-refractivity contribution in [2.24, 2.45) is 5.92 Å². The number of pyridine rings is 1. The van der Waals surface area contributed by atoms with Crippen LogP contribution in [0.4, 0.5) is 5.82 Å². The summed E-state index contributed by atoms with van der Waals surface area (Å²) in [5, 5.41) is 5.67. The van der Waals surface area contributed by atoms with Crippen LogP contribution in [0.15, 0.2) is 24.4 Å². The van der Waals surface area contributed by atoms with Gasteiger partial charge in [0.25, 0.3) is 0 Å². The smallest absolute Gasteiger partial charge is 0.246 e. The van der Waals surface area contributed by atoms with E-state index in [1.165, 1.54) is 0 Å². The summed E-state index contributed by atoms with van der Waals surface area (Å²) in [5.74, 6) is 1.31. The summed E-state index contributed by atoms with van der Waals surface area (Å²) in [6.45, 7) is 9.66. The Kier molecular flexibility index (Phi) is 6.62. The second-order valence-electron chi connectivity index (χ2n) is 7.35. The number of carbonyl (C=O) groups excluding carboxylic acids is 1. The number of carbonyl (C=O) groups is 1. The van der Waals surface area contributed by atoms with Gasteiger partial charge in [-0.2, -0.15) is 5.10 Å². The van der Waals surface area contributed by atoms with Gasteiger partial charge in [-0.15, -0.1) is 0 Å². The summed E-state index contributed by atoms with van der Waals surface area (Å²) in [6.07, 6.45) is 5.01. The summed E-state index contributed by atoms with van der Waals surface area (Å²) < 4.78 is 1.80. The molecule has 0 unspecified atom stereocenters. The third kappa shape index (κ3) is 4.86. The van der Waals surface area contributed by atoms with E-state index < -0.39 is 0 Å². The van der Waals surface area contributed by atoms with E-state index in [0.717, 1.165) is 36.7 Å². The Morgan fingerprint density at radius 2 is 1.93 bits per heavy atom. The highest BCUT2D eigenvalue weighted by Crippen LogP contribution is 2.22. The molecule has 1 fully saturated rings. The van der Waals surface area contributed by atoms with Gasteiger partial charge < -0.3 is 9.80 Å². The van der Waals surface area contributed by atoms with Crippen LogP contribution >= 0.6 is 23.2 Å². The van der Waals surface area contributed by atoms with Crippen molar-refractivity contribution in [2.45, 2.75) is 27.3 Å². The first-order valence-corrected chi connectivity index (χ1v) is 10.2. The standard InChI is InChI=1S/C20H25Cl2N5O/c1-14(2)13-27-20(22)17(15(3)24-27)5-7-19(28)26-10-8-25(9-11-26)18-6-4-16(21)12-23-18/h4-7,12,14H,8-11,13H2,1-3H3/b7-5+. The number of piperazine rings is 1. The van der Waals surface area contributed by atoms with Gasteiger partial charge in [0.15, 0.2) is 0 Å². The molecular formula is C20H25Cl2N5O. The minimum absolute atomic E-state index is 0.0178. The van der Waals surface area contributed by atoms with Crippen molar-refractivity contribution < 1.29 is 4.79 Å². The largest absolute Gasteiger partial charge is 0.353 e. The van der Waals surface area contributed by atoms with Crippen LogP contribution < -0.4 is 4.90 Å². The molecule has 1 saturated heterocycles. The monoisotopic (exact) mass is 421 g/mol. The predicted octanol–water partition coefficient (Wildman–Crippen LogP) is 3.91. The minimum atomic E-state index is -0.0178. The average molecular weight is 422 g/mol. The molecule has 1 aliphatic heterocycles. The SMILES string of the molecule is Cc1nn(CC(C)C)c(Cl)c1/C=C/C(=O)N1CCN(c2ccc(Cl)cn2)CC1. The molecule has 0 aliphatic carbocycles. The lowest BCUT2D eigenvalue weighted by Gasteiger charge is -2.34. The maximum absolute atomic E-state index is 12.6. The molecule has 0 saturated carbocycles. The maximum Gasteiger partial charge on any atom is 0.246 e. The first kappa shape index (κ1) is 20.7. The Morgan fingerprint density at radius 3 is 2.54 bits per heavy atom. The van der Waals surface area contributed by atoms with Crippen LogP contribution in [0.3, 0.4) is 0 Å². The molecule has 0 N–H and O–H groups in total. The molecule has 2 aromatic rings. The molecule has 28 heavy (non-hydrogen) atoms. The zero-order valence-electron chi connectivity index (χ0n) is 16.4. The molecule has 0 aromatic carbocycles. The summed E-state index contributed by atoms with van der Waals surface area (Å²) in [5.41, 5.74) is 1.63. The fraction of sp³-hybridized carbons (Fsp3) is 0.450. The van der Waals surface area contributed by atoms with Gasteiger partial charge in [-0.05, 0) is 31.1 Å². The van der Waals surface area contributed by atoms with Crippen LogP contribution in [0.1, 0.15) is 25.1 Å². The molecule has 3 heterocycles. The first-order valence-electron chi connectivity index (χ1n) is 9.41. The summed E-state index contributed by atoms with van der Waals surface area (Å²) in [6, 6.07) is 3.73. The van der Waals surface area contributed by atoms with Crippen molar-refractivity contribution in [3.05, 3.63) is 45.8 Å². The number of aryl methyl sites for hydroxylation is 1. The van der Waals surface area contributed by atoms with Crippen LogP contribution in [0, 0.1) is 12.8 Å². The lowest BCUT2D eigenvalue weighted by Crippen LogP contribution is -2.48. The Balaban J connectivity index is 1.60. The topological polar surface area (TPSA) is 54.3 Å². The molecule has 0 atom stereocenters. The number of hydrogen-bond donors (Lipinski definition) is 0. The number of nitrogens with zero attached hydrogens (tertiary/aromatic N) is 5. The van der Waals surface area contributed by atoms with Crippen molar-refractivity contribution in [1.82, 2.24) is 19.7 Å². The first-order chi connectivity index (χ1) is 13.3. The van der Waals surface area contributed by atoms with Crippen LogP contribution in [0.25, 0.3) is 6.08 Å². The number of amides is 1. The lowest BCUT2D eigenvalue weighted by molar-refractivity contribution is -0.126. The molecule has 0 spiro atoms. The second-order valence-corrected chi connectivity index (χ2v) is 8.14. The molecule has 3 rings (SSSR count). The van der Waals surface area contributed by atoms with Crippen LogP contribution in [-0.4, -0.2) is 51.8 Å². The van der Waals surface area contributed by atoms with Gasteiger partial charge in [-0.25, -0.2) is 4.98 Å². The number of anilines is 1. The van der Waals surface area contributed by atoms with E-state index in [1.807, 2.05) is 24.0 Å². The summed E-state index contributed by atoms with van der Waals surface area (Å²) in [7, 11) is 0. The normalized spacial score (nSPS) is 15.1. The van der Waals surface area contributed by atoms with Crippen LogP contribution in [-0.2, 0) is 11.3 Å². The van der Waals surface area contributed by atoms with E-state index in [-0.39, 0.29) is 5.91 Å². The van der Waals surface area contributed by atoms with E-state index in [1.54, 1.807) is 23.0 Å². The minimum Gasteiger partial charge on any atom is -0.353 e. The summed E-state index contributed by atoms with van der Waals surface area (Å²) in [4.78, 5) is 20.9. The zero-order valence-corrected chi connectivity index (χ0v) is 17.9. The molecule has 1 amide bonds. The Bertz CT molecular complexity index is 852. The number of hydrogen-bond acceptors (Lipinski definition) is 4. The molecule has 0 radical (unpaired) electrons. The van der Waals surface area contributed by atoms with Gasteiger partial charge >= 0.3 is 0 Å². The number of rotatable bonds is 5. The van der Waals surface area contributed by atoms with Gasteiger partial charge in [0.1, 0.15) is 11.0 Å². The highest BCUT2D eigenvalue weighted by atomic mass is 35.5. The molecule has 150 valence electrons. The highest BCUT2D eigenvalue weighted by Gasteiger charge is 2.21. The van der Waals surface area contributed by atoms with Crippen molar-refractivity contribution in [2.75, 3.05) is 31.1 Å². The van der Waals surface area contributed by atoms with E-state index in [2.05, 4.69) is 28.8 Å². The van der Waals surface area contributed by atoms with Gasteiger partial charge in [0, 0.05) is 50.6 Å². The molecular weight excluding hydrogens is 397 g/mol. The average Bonchev–Trinajstić information content (AvgIpc) is 2.93. The Hall–Kier alpha value is -2.05. The third-order valence-electron chi connectivity index (χ3n) is 4.67. The highest BCUT2D eigenvalue weighted by molar-refractivity contribution is 6.31. The van der Waals surface area contributed by atoms with E-state index in [0.29, 0.717) is 29.2 Å². The lowest BCUT2D eigenvalue weighted by atomic mass is 10.2. The number of halogens is 2. The van der Waals surface area contributed by atoms with Gasteiger partial charge in [-0.3, -0.25) is 9.48 Å². The summed E-state index contributed by atoms with van der Waals surface area (Å²) >= 11 is 12.3. The Labute approximate surface area is 175 Å². The fourth-order valence-corrected chi connectivity index (χ4v) is 3.61. The molecule has 6 nitrogen and oxygen atoms in total. The van der Waals surface area contributed by atoms with Gasteiger partial charge in [0.05, 0.1) is 10.7 Å².